The van der Waals surface area contributed by atoms with E-state index in [0.717, 1.165) is 0 Å². The summed E-state index contributed by atoms with van der Waals surface area (Å²) < 4.78 is 14.5. The van der Waals surface area contributed by atoms with E-state index in [1.165, 1.54) is 23.1 Å². The van der Waals surface area contributed by atoms with E-state index >= 15 is 0 Å². The number of nitrogen functional groups attached to an aromatic ring is 1. The summed E-state index contributed by atoms with van der Waals surface area (Å²) >= 11 is 0. The van der Waals surface area contributed by atoms with Crippen LogP contribution in [0.3, 0.4) is 0 Å². The predicted octanol–water partition coefficient (Wildman–Crippen LogP) is 0.860. The van der Waals surface area contributed by atoms with Crippen molar-refractivity contribution >= 4 is 5.95 Å². The van der Waals surface area contributed by atoms with Gasteiger partial charge in [0, 0.05) is 0 Å². The van der Waals surface area contributed by atoms with Crippen LogP contribution < -0.4 is 5.73 Å². The Morgan fingerprint density at radius 1 is 1.47 bits per heavy atom. The van der Waals surface area contributed by atoms with E-state index < -0.39 is 5.82 Å². The van der Waals surface area contributed by atoms with Gasteiger partial charge in [-0.15, -0.1) is 5.10 Å². The number of aromatic nitrogens is 3. The number of hydrogen-bond acceptors (Lipinski definition) is 4. The molecule has 0 aliphatic carbocycles. The van der Waals surface area contributed by atoms with E-state index in [-0.39, 0.29) is 11.5 Å². The van der Waals surface area contributed by atoms with Crippen molar-refractivity contribution < 1.29 is 4.39 Å². The average molecular weight is 203 g/mol. The summed E-state index contributed by atoms with van der Waals surface area (Å²) in [5.74, 6) is -0.521. The average Bonchev–Trinajstić information content (AvgIpc) is 2.64. The number of nitrogens with zero attached hydrogens (tertiary/aromatic N) is 4. The molecule has 0 fully saturated rings. The van der Waals surface area contributed by atoms with Crippen LogP contribution in [0.15, 0.2) is 24.5 Å². The highest BCUT2D eigenvalue weighted by molar-refractivity contribution is 5.49. The quantitative estimate of drug-likeness (QED) is 0.745. The molecule has 0 bridgehead atoms. The van der Waals surface area contributed by atoms with Gasteiger partial charge in [0.1, 0.15) is 23.8 Å². The highest BCUT2D eigenvalue weighted by atomic mass is 19.1. The van der Waals surface area contributed by atoms with Gasteiger partial charge < -0.3 is 5.73 Å². The van der Waals surface area contributed by atoms with Gasteiger partial charge in [0.15, 0.2) is 0 Å². The van der Waals surface area contributed by atoms with E-state index in [4.69, 9.17) is 11.0 Å². The molecule has 15 heavy (non-hydrogen) atoms. The number of hydrogen-bond donors (Lipinski definition) is 1. The van der Waals surface area contributed by atoms with Crippen molar-refractivity contribution in [2.45, 2.75) is 0 Å². The first-order valence-electron chi connectivity index (χ1n) is 4.08. The van der Waals surface area contributed by atoms with Gasteiger partial charge in [-0.3, -0.25) is 0 Å². The van der Waals surface area contributed by atoms with E-state index in [0.29, 0.717) is 5.69 Å². The Labute approximate surface area is 84.6 Å². The van der Waals surface area contributed by atoms with Gasteiger partial charge >= 0.3 is 0 Å². The first-order chi connectivity index (χ1) is 7.22. The smallest absolute Gasteiger partial charge is 0.239 e. The second-order valence-electron chi connectivity index (χ2n) is 2.79. The van der Waals surface area contributed by atoms with Crippen LogP contribution in [0.25, 0.3) is 5.69 Å². The van der Waals surface area contributed by atoms with Gasteiger partial charge in [-0.25, -0.2) is 14.1 Å². The first kappa shape index (κ1) is 9.15. The summed E-state index contributed by atoms with van der Waals surface area (Å²) in [4.78, 5) is 3.70. The van der Waals surface area contributed by atoms with Crippen molar-refractivity contribution in [3.05, 3.63) is 35.9 Å². The molecule has 74 valence electrons. The van der Waals surface area contributed by atoms with E-state index in [1.807, 2.05) is 0 Å². The van der Waals surface area contributed by atoms with Crippen LogP contribution in [0, 0.1) is 17.1 Å². The van der Waals surface area contributed by atoms with E-state index in [2.05, 4.69) is 10.1 Å². The highest BCUT2D eigenvalue weighted by Crippen LogP contribution is 2.16. The van der Waals surface area contributed by atoms with Crippen molar-refractivity contribution in [1.82, 2.24) is 14.8 Å². The third kappa shape index (κ3) is 1.50. The number of rotatable bonds is 1. The van der Waals surface area contributed by atoms with E-state index in [1.54, 1.807) is 12.1 Å². The van der Waals surface area contributed by atoms with Gasteiger partial charge in [-0.05, 0) is 12.1 Å². The Morgan fingerprint density at radius 3 is 2.87 bits per heavy atom. The third-order valence-corrected chi connectivity index (χ3v) is 1.86. The SMILES string of the molecule is N#Cc1c(F)cccc1-n1cnc(N)n1. The third-order valence-electron chi connectivity index (χ3n) is 1.86. The highest BCUT2D eigenvalue weighted by Gasteiger charge is 2.10. The fourth-order valence-corrected chi connectivity index (χ4v) is 1.21. The molecule has 0 aliphatic rings. The summed E-state index contributed by atoms with van der Waals surface area (Å²) in [6, 6.07) is 6.03. The number of benzene rings is 1. The van der Waals surface area contributed by atoms with Crippen LogP contribution in [0.2, 0.25) is 0 Å². The lowest BCUT2D eigenvalue weighted by molar-refractivity contribution is 0.621. The molecule has 5 nitrogen and oxygen atoms in total. The summed E-state index contributed by atoms with van der Waals surface area (Å²) in [7, 11) is 0. The minimum absolute atomic E-state index is 0.0724. The number of nitrogens with two attached hydrogens (primary N) is 1. The summed E-state index contributed by atoms with van der Waals surface area (Å²) in [6.07, 6.45) is 1.32. The van der Waals surface area contributed by atoms with Crippen molar-refractivity contribution in [2.75, 3.05) is 5.73 Å². The molecular formula is C9H6FN5. The Hall–Kier alpha value is -2.42. The Balaban J connectivity index is 2.63. The summed E-state index contributed by atoms with van der Waals surface area (Å²) in [5, 5.41) is 12.6. The van der Waals surface area contributed by atoms with Crippen LogP contribution in [0.1, 0.15) is 5.56 Å². The maximum Gasteiger partial charge on any atom is 0.239 e. The van der Waals surface area contributed by atoms with Crippen LogP contribution in [0.5, 0.6) is 0 Å². The topological polar surface area (TPSA) is 80.5 Å². The minimum atomic E-state index is -0.593. The normalized spacial score (nSPS) is 9.87. The van der Waals surface area contributed by atoms with Gasteiger partial charge in [0.05, 0.1) is 5.69 Å². The maximum absolute atomic E-state index is 13.2. The molecule has 0 unspecified atom stereocenters. The molecule has 0 spiro atoms. The molecule has 0 amide bonds. The second-order valence-corrected chi connectivity index (χ2v) is 2.79. The predicted molar refractivity (Wildman–Crippen MR) is 50.4 cm³/mol. The minimum Gasteiger partial charge on any atom is -0.366 e. The Morgan fingerprint density at radius 2 is 2.27 bits per heavy atom. The van der Waals surface area contributed by atoms with Gasteiger partial charge in [-0.1, -0.05) is 6.07 Å². The molecular weight excluding hydrogens is 197 g/mol. The molecule has 6 heteroatoms. The lowest BCUT2D eigenvalue weighted by Gasteiger charge is -2.02. The van der Waals surface area contributed by atoms with Gasteiger partial charge in [-0.2, -0.15) is 5.26 Å². The molecule has 2 aromatic rings. The standard InChI is InChI=1S/C9H6FN5/c10-7-2-1-3-8(6(7)4-11)15-5-13-9(12)14-15/h1-3,5H,(H2,12,14). The van der Waals surface area contributed by atoms with Crippen molar-refractivity contribution in [3.63, 3.8) is 0 Å². The molecule has 0 saturated carbocycles. The zero-order chi connectivity index (χ0) is 10.8. The van der Waals surface area contributed by atoms with Crippen LogP contribution in [-0.2, 0) is 0 Å². The summed E-state index contributed by atoms with van der Waals surface area (Å²) in [6.45, 7) is 0. The van der Waals surface area contributed by atoms with Crippen molar-refractivity contribution in [1.29, 1.82) is 5.26 Å². The zero-order valence-corrected chi connectivity index (χ0v) is 7.55. The zero-order valence-electron chi connectivity index (χ0n) is 7.55. The van der Waals surface area contributed by atoms with Gasteiger partial charge in [0.2, 0.25) is 5.95 Å². The second kappa shape index (κ2) is 3.38. The molecule has 0 atom stereocenters. The molecule has 0 radical (unpaired) electrons. The molecule has 1 aromatic heterocycles. The number of halogens is 1. The fraction of sp³-hybridized carbons (Fsp3) is 0. The van der Waals surface area contributed by atoms with Crippen LogP contribution >= 0.6 is 0 Å². The largest absolute Gasteiger partial charge is 0.366 e. The maximum atomic E-state index is 13.2. The Kier molecular flexibility index (Phi) is 2.06. The van der Waals surface area contributed by atoms with Gasteiger partial charge in [0.25, 0.3) is 0 Å². The molecule has 1 aromatic carbocycles. The molecule has 2 N–H and O–H groups in total. The summed E-state index contributed by atoms with van der Waals surface area (Å²) in [5.41, 5.74) is 5.57. The lowest BCUT2D eigenvalue weighted by atomic mass is 10.2. The molecule has 1 heterocycles. The fourth-order valence-electron chi connectivity index (χ4n) is 1.21. The van der Waals surface area contributed by atoms with Crippen molar-refractivity contribution in [2.24, 2.45) is 0 Å². The first-order valence-corrected chi connectivity index (χ1v) is 4.08. The van der Waals surface area contributed by atoms with Crippen molar-refractivity contribution in [3.8, 4) is 11.8 Å². The lowest BCUT2D eigenvalue weighted by Crippen LogP contribution is -2.00. The van der Waals surface area contributed by atoms with Crippen LogP contribution in [-0.4, -0.2) is 14.8 Å². The van der Waals surface area contributed by atoms with E-state index in [9.17, 15) is 4.39 Å². The Bertz CT molecular complexity index is 540. The number of nitriles is 1. The van der Waals surface area contributed by atoms with Crippen LogP contribution in [0.4, 0.5) is 10.3 Å². The monoisotopic (exact) mass is 203 g/mol. The molecule has 2 rings (SSSR count). The molecule has 0 saturated heterocycles. The molecule has 0 aliphatic heterocycles. The number of anilines is 1.